The van der Waals surface area contributed by atoms with E-state index >= 15 is 0 Å². The van der Waals surface area contributed by atoms with Crippen LogP contribution in [0.15, 0.2) is 12.1 Å². The van der Waals surface area contributed by atoms with Crippen LogP contribution >= 0.6 is 22.9 Å². The first-order valence-corrected chi connectivity index (χ1v) is 7.64. The minimum absolute atomic E-state index is 0.0558. The first-order chi connectivity index (χ1) is 8.79. The van der Waals surface area contributed by atoms with Gasteiger partial charge in [-0.15, -0.1) is 21.5 Å². The van der Waals surface area contributed by atoms with E-state index in [1.54, 1.807) is 0 Å². The number of halogens is 1. The van der Waals surface area contributed by atoms with Crippen molar-refractivity contribution in [3.8, 4) is 0 Å². The predicted octanol–water partition coefficient (Wildman–Crippen LogP) is 4.40. The van der Waals surface area contributed by atoms with E-state index in [1.807, 2.05) is 11.3 Å². The van der Waals surface area contributed by atoms with Crippen LogP contribution < -0.4 is 0 Å². The third-order valence-electron chi connectivity index (χ3n) is 3.06. The quantitative estimate of drug-likeness (QED) is 0.840. The predicted molar refractivity (Wildman–Crippen MR) is 81.2 cm³/mol. The van der Waals surface area contributed by atoms with E-state index in [2.05, 4.69) is 61.5 Å². The normalized spacial score (nSPS) is 13.8. The molecule has 2 aromatic rings. The van der Waals surface area contributed by atoms with Crippen LogP contribution in [0.5, 0.6) is 0 Å². The van der Waals surface area contributed by atoms with Gasteiger partial charge in [-0.1, -0.05) is 20.8 Å². The summed E-state index contributed by atoms with van der Waals surface area (Å²) >= 11 is 8.05. The number of rotatable bonds is 3. The van der Waals surface area contributed by atoms with Gasteiger partial charge in [0.2, 0.25) is 5.28 Å². The monoisotopic (exact) mass is 297 g/mol. The molecule has 0 amide bonds. The lowest BCUT2D eigenvalue weighted by Gasteiger charge is -2.23. The van der Waals surface area contributed by atoms with Crippen molar-refractivity contribution in [2.45, 2.75) is 52.5 Å². The Labute approximate surface area is 123 Å². The lowest BCUT2D eigenvalue weighted by atomic mass is 9.95. The Bertz CT molecular complexity index is 565. The van der Waals surface area contributed by atoms with Gasteiger partial charge in [0.1, 0.15) is 5.82 Å². The van der Waals surface area contributed by atoms with Crippen LogP contribution in [0.1, 0.15) is 49.3 Å². The molecule has 1 unspecified atom stereocenters. The fourth-order valence-electron chi connectivity index (χ4n) is 2.15. The van der Waals surface area contributed by atoms with Gasteiger partial charge in [-0.25, -0.2) is 0 Å². The molecule has 5 heteroatoms. The average Bonchev–Trinajstić information content (AvgIpc) is 2.84. The van der Waals surface area contributed by atoms with Crippen LogP contribution in [-0.2, 0) is 11.8 Å². The second kappa shape index (κ2) is 5.25. The van der Waals surface area contributed by atoms with Crippen molar-refractivity contribution in [1.82, 2.24) is 14.8 Å². The zero-order chi connectivity index (χ0) is 14.2. The van der Waals surface area contributed by atoms with Crippen LogP contribution in [-0.4, -0.2) is 14.8 Å². The Morgan fingerprint density at radius 2 is 2.00 bits per heavy atom. The van der Waals surface area contributed by atoms with Crippen LogP contribution in [0.2, 0.25) is 5.28 Å². The molecular weight excluding hydrogens is 278 g/mol. The number of hydrogen-bond donors (Lipinski definition) is 0. The van der Waals surface area contributed by atoms with Crippen molar-refractivity contribution in [2.24, 2.45) is 0 Å². The maximum atomic E-state index is 6.21. The molecule has 0 bridgehead atoms. The zero-order valence-corrected chi connectivity index (χ0v) is 13.6. The number of hydrogen-bond acceptors (Lipinski definition) is 3. The maximum Gasteiger partial charge on any atom is 0.225 e. The summed E-state index contributed by atoms with van der Waals surface area (Å²) in [7, 11) is 0. The summed E-state index contributed by atoms with van der Waals surface area (Å²) in [5.41, 5.74) is -0.0558. The molecule has 0 aromatic carbocycles. The summed E-state index contributed by atoms with van der Waals surface area (Å²) in [5, 5.41) is 8.75. The molecule has 3 nitrogen and oxygen atoms in total. The minimum atomic E-state index is -0.0558. The molecule has 0 N–H and O–H groups in total. The molecule has 1 atom stereocenters. The Hall–Kier alpha value is -0.870. The smallest absolute Gasteiger partial charge is 0.225 e. The van der Waals surface area contributed by atoms with Crippen LogP contribution in [0.3, 0.4) is 0 Å². The molecule has 2 heterocycles. The second-order valence-corrected chi connectivity index (χ2v) is 7.69. The minimum Gasteiger partial charge on any atom is -0.298 e. The van der Waals surface area contributed by atoms with Crippen molar-refractivity contribution >= 4 is 22.9 Å². The van der Waals surface area contributed by atoms with Crippen LogP contribution in [0.25, 0.3) is 0 Å². The number of nitrogens with zero attached hydrogens (tertiary/aromatic N) is 3. The summed E-state index contributed by atoms with van der Waals surface area (Å²) in [6.07, 6.45) is 0.958. The van der Waals surface area contributed by atoms with E-state index in [1.165, 1.54) is 9.75 Å². The Morgan fingerprint density at radius 3 is 2.53 bits per heavy atom. The van der Waals surface area contributed by atoms with E-state index in [0.29, 0.717) is 5.28 Å². The molecular formula is C14H20ClN3S. The van der Waals surface area contributed by atoms with Gasteiger partial charge in [0.15, 0.2) is 0 Å². The van der Waals surface area contributed by atoms with Gasteiger partial charge in [0, 0.05) is 27.6 Å². The van der Waals surface area contributed by atoms with Crippen molar-refractivity contribution in [3.63, 3.8) is 0 Å². The molecule has 2 rings (SSSR count). The third-order valence-corrected chi connectivity index (χ3v) is 4.34. The molecule has 0 saturated carbocycles. The van der Waals surface area contributed by atoms with Crippen LogP contribution in [0, 0.1) is 6.92 Å². The largest absolute Gasteiger partial charge is 0.298 e. The molecule has 0 fully saturated rings. The lowest BCUT2D eigenvalue weighted by Crippen LogP contribution is -2.22. The lowest BCUT2D eigenvalue weighted by molar-refractivity contribution is 0.451. The van der Waals surface area contributed by atoms with Crippen molar-refractivity contribution in [3.05, 3.63) is 33.0 Å². The second-order valence-electron chi connectivity index (χ2n) is 5.98. The standard InChI is InChI=1S/C14H20ClN3S/c1-9(8-11-7-6-10(2)19-11)18-12(14(3,4)5)16-17-13(18)15/h6-7,9H,8H2,1-5H3. The molecule has 0 spiro atoms. The topological polar surface area (TPSA) is 30.7 Å². The van der Waals surface area contributed by atoms with E-state index < -0.39 is 0 Å². The SMILES string of the molecule is Cc1ccc(CC(C)n2c(Cl)nnc2C(C)(C)C)s1. The van der Waals surface area contributed by atoms with Gasteiger partial charge < -0.3 is 0 Å². The molecule has 2 aromatic heterocycles. The van der Waals surface area contributed by atoms with Gasteiger partial charge >= 0.3 is 0 Å². The Balaban J connectivity index is 2.28. The summed E-state index contributed by atoms with van der Waals surface area (Å²) in [6, 6.07) is 4.60. The van der Waals surface area contributed by atoms with E-state index in [0.717, 1.165) is 12.2 Å². The first kappa shape index (κ1) is 14.5. The summed E-state index contributed by atoms with van der Waals surface area (Å²) in [6.45, 7) is 10.7. The highest BCUT2D eigenvalue weighted by Gasteiger charge is 2.26. The summed E-state index contributed by atoms with van der Waals surface area (Å²) in [5.74, 6) is 0.943. The summed E-state index contributed by atoms with van der Waals surface area (Å²) in [4.78, 5) is 2.71. The zero-order valence-electron chi connectivity index (χ0n) is 12.1. The van der Waals surface area contributed by atoms with Gasteiger partial charge in [-0.3, -0.25) is 4.57 Å². The molecule has 19 heavy (non-hydrogen) atoms. The highest BCUT2D eigenvalue weighted by Crippen LogP contribution is 2.29. The third kappa shape index (κ3) is 3.18. The van der Waals surface area contributed by atoms with Crippen molar-refractivity contribution in [2.75, 3.05) is 0 Å². The van der Waals surface area contributed by atoms with Gasteiger partial charge in [0.25, 0.3) is 0 Å². The van der Waals surface area contributed by atoms with Crippen molar-refractivity contribution < 1.29 is 0 Å². The first-order valence-electron chi connectivity index (χ1n) is 6.45. The van der Waals surface area contributed by atoms with E-state index in [4.69, 9.17) is 11.6 Å². The highest BCUT2D eigenvalue weighted by atomic mass is 35.5. The Kier molecular flexibility index (Phi) is 4.02. The fourth-order valence-corrected chi connectivity index (χ4v) is 3.45. The number of aryl methyl sites for hydroxylation is 1. The molecule has 0 aliphatic carbocycles. The molecule has 0 aliphatic rings. The average molecular weight is 298 g/mol. The fraction of sp³-hybridized carbons (Fsp3) is 0.571. The highest BCUT2D eigenvalue weighted by molar-refractivity contribution is 7.11. The Morgan fingerprint density at radius 1 is 1.32 bits per heavy atom. The van der Waals surface area contributed by atoms with Gasteiger partial charge in [0.05, 0.1) is 0 Å². The number of thiophene rings is 1. The molecule has 0 saturated heterocycles. The van der Waals surface area contributed by atoms with Gasteiger partial charge in [-0.2, -0.15) is 0 Å². The molecule has 104 valence electrons. The summed E-state index contributed by atoms with van der Waals surface area (Å²) < 4.78 is 2.05. The maximum absolute atomic E-state index is 6.21. The molecule has 0 aliphatic heterocycles. The van der Waals surface area contributed by atoms with E-state index in [9.17, 15) is 0 Å². The number of aromatic nitrogens is 3. The van der Waals surface area contributed by atoms with Gasteiger partial charge in [-0.05, 0) is 37.6 Å². The van der Waals surface area contributed by atoms with E-state index in [-0.39, 0.29) is 11.5 Å². The molecule has 0 radical (unpaired) electrons. The van der Waals surface area contributed by atoms with Crippen molar-refractivity contribution in [1.29, 1.82) is 0 Å². The van der Waals surface area contributed by atoms with Crippen LogP contribution in [0.4, 0.5) is 0 Å².